The van der Waals surface area contributed by atoms with Gasteiger partial charge >= 0.3 is 6.18 Å². The summed E-state index contributed by atoms with van der Waals surface area (Å²) in [7, 11) is 1.62. The molecule has 1 atom stereocenters. The SMILES string of the molecule is Cn1cnc(N2CCCC(COc3ncccc3C(F)(F)F)C2)cc1=O. The van der Waals surface area contributed by atoms with Gasteiger partial charge in [-0.3, -0.25) is 4.79 Å². The monoisotopic (exact) mass is 368 g/mol. The second kappa shape index (κ2) is 7.35. The number of hydrogen-bond donors (Lipinski definition) is 0. The van der Waals surface area contributed by atoms with Crippen LogP contribution >= 0.6 is 0 Å². The predicted molar refractivity (Wildman–Crippen MR) is 89.1 cm³/mol. The maximum atomic E-state index is 13.0. The Bertz CT molecular complexity index is 822. The lowest BCUT2D eigenvalue weighted by atomic mass is 9.99. The number of nitrogens with zero attached hydrogens (tertiary/aromatic N) is 4. The number of hydrogen-bond acceptors (Lipinski definition) is 5. The summed E-state index contributed by atoms with van der Waals surface area (Å²) < 4.78 is 45.8. The summed E-state index contributed by atoms with van der Waals surface area (Å²) in [6.45, 7) is 1.43. The number of aryl methyl sites for hydroxylation is 1. The third-order valence-corrected chi connectivity index (χ3v) is 4.34. The fraction of sp³-hybridized carbons (Fsp3) is 0.471. The highest BCUT2D eigenvalue weighted by Crippen LogP contribution is 2.35. The summed E-state index contributed by atoms with van der Waals surface area (Å²) in [6.07, 6.45) is -0.0896. The van der Waals surface area contributed by atoms with Gasteiger partial charge in [-0.05, 0) is 25.0 Å². The predicted octanol–water partition coefficient (Wildman–Crippen LogP) is 2.49. The van der Waals surface area contributed by atoms with Crippen molar-refractivity contribution in [3.05, 3.63) is 46.6 Å². The van der Waals surface area contributed by atoms with E-state index in [-0.39, 0.29) is 18.1 Å². The number of ether oxygens (including phenoxy) is 1. The van der Waals surface area contributed by atoms with E-state index in [1.54, 1.807) is 7.05 Å². The van der Waals surface area contributed by atoms with Gasteiger partial charge in [0.15, 0.2) is 0 Å². The van der Waals surface area contributed by atoms with Crippen LogP contribution in [0, 0.1) is 5.92 Å². The highest BCUT2D eigenvalue weighted by Gasteiger charge is 2.35. The molecule has 140 valence electrons. The van der Waals surface area contributed by atoms with Gasteiger partial charge in [-0.2, -0.15) is 13.2 Å². The van der Waals surface area contributed by atoms with Gasteiger partial charge in [-0.15, -0.1) is 0 Å². The molecule has 2 aromatic rings. The summed E-state index contributed by atoms with van der Waals surface area (Å²) >= 11 is 0. The molecule has 9 heteroatoms. The van der Waals surface area contributed by atoms with E-state index in [4.69, 9.17) is 4.74 Å². The van der Waals surface area contributed by atoms with E-state index in [0.717, 1.165) is 25.5 Å². The molecule has 1 saturated heterocycles. The molecule has 0 radical (unpaired) electrons. The lowest BCUT2D eigenvalue weighted by Gasteiger charge is -2.33. The van der Waals surface area contributed by atoms with Gasteiger partial charge in [0.1, 0.15) is 11.4 Å². The molecule has 0 bridgehead atoms. The first kappa shape index (κ1) is 18.2. The van der Waals surface area contributed by atoms with Crippen LogP contribution in [0.15, 0.2) is 35.5 Å². The zero-order valence-electron chi connectivity index (χ0n) is 14.2. The molecule has 6 nitrogen and oxygen atoms in total. The Morgan fingerprint density at radius 2 is 2.15 bits per heavy atom. The van der Waals surface area contributed by atoms with E-state index < -0.39 is 17.6 Å². The molecule has 0 spiro atoms. The smallest absolute Gasteiger partial charge is 0.421 e. The number of rotatable bonds is 4. The summed E-state index contributed by atoms with van der Waals surface area (Å²) in [5, 5.41) is 0. The lowest BCUT2D eigenvalue weighted by Crippen LogP contribution is -2.39. The van der Waals surface area contributed by atoms with Crippen LogP contribution in [0.3, 0.4) is 0 Å². The Morgan fingerprint density at radius 1 is 1.35 bits per heavy atom. The molecule has 0 aromatic carbocycles. The van der Waals surface area contributed by atoms with Crippen LogP contribution in [-0.4, -0.2) is 34.2 Å². The molecule has 3 rings (SSSR count). The Kier molecular flexibility index (Phi) is 5.15. The van der Waals surface area contributed by atoms with Crippen LogP contribution in [-0.2, 0) is 13.2 Å². The average Bonchev–Trinajstić information content (AvgIpc) is 2.62. The molecule has 2 aromatic heterocycles. The van der Waals surface area contributed by atoms with Crippen molar-refractivity contribution in [1.82, 2.24) is 14.5 Å². The Balaban J connectivity index is 1.66. The number of anilines is 1. The summed E-state index contributed by atoms with van der Waals surface area (Å²) in [6, 6.07) is 3.66. The van der Waals surface area contributed by atoms with Crippen molar-refractivity contribution in [3.8, 4) is 5.88 Å². The molecule has 26 heavy (non-hydrogen) atoms. The number of alkyl halides is 3. The van der Waals surface area contributed by atoms with E-state index >= 15 is 0 Å². The second-order valence-corrected chi connectivity index (χ2v) is 6.32. The number of piperidine rings is 1. The first-order chi connectivity index (χ1) is 12.3. The molecule has 3 heterocycles. The van der Waals surface area contributed by atoms with E-state index in [2.05, 4.69) is 9.97 Å². The fourth-order valence-corrected chi connectivity index (χ4v) is 2.95. The van der Waals surface area contributed by atoms with Crippen molar-refractivity contribution in [2.45, 2.75) is 19.0 Å². The van der Waals surface area contributed by atoms with Crippen molar-refractivity contribution in [1.29, 1.82) is 0 Å². The molecule has 1 aliphatic rings. The third kappa shape index (κ3) is 4.14. The van der Waals surface area contributed by atoms with Gasteiger partial charge in [0.05, 0.1) is 12.9 Å². The highest BCUT2D eigenvalue weighted by molar-refractivity contribution is 5.37. The quantitative estimate of drug-likeness (QED) is 0.830. The summed E-state index contributed by atoms with van der Waals surface area (Å²) in [5.74, 6) is 0.202. The number of halogens is 3. The van der Waals surface area contributed by atoms with E-state index in [0.29, 0.717) is 12.4 Å². The molecule has 0 amide bonds. The Morgan fingerprint density at radius 3 is 2.88 bits per heavy atom. The van der Waals surface area contributed by atoms with Gasteiger partial charge in [-0.25, -0.2) is 9.97 Å². The first-order valence-electron chi connectivity index (χ1n) is 8.27. The van der Waals surface area contributed by atoms with Crippen molar-refractivity contribution >= 4 is 5.82 Å². The van der Waals surface area contributed by atoms with Gasteiger partial charge in [0.25, 0.3) is 5.56 Å². The van der Waals surface area contributed by atoms with Crippen LogP contribution in [0.2, 0.25) is 0 Å². The van der Waals surface area contributed by atoms with Gasteiger partial charge in [-0.1, -0.05) is 0 Å². The zero-order chi connectivity index (χ0) is 18.7. The molecule has 0 saturated carbocycles. The Labute approximate surface area is 148 Å². The summed E-state index contributed by atoms with van der Waals surface area (Å²) in [4.78, 5) is 21.7. The minimum Gasteiger partial charge on any atom is -0.477 e. The van der Waals surface area contributed by atoms with Crippen molar-refractivity contribution in [2.75, 3.05) is 24.6 Å². The van der Waals surface area contributed by atoms with Crippen LogP contribution in [0.4, 0.5) is 19.0 Å². The van der Waals surface area contributed by atoms with Gasteiger partial charge in [0, 0.05) is 38.3 Å². The molecule has 1 aliphatic heterocycles. The zero-order valence-corrected chi connectivity index (χ0v) is 14.2. The van der Waals surface area contributed by atoms with Gasteiger partial charge in [0.2, 0.25) is 5.88 Å². The molecule has 0 aliphatic carbocycles. The lowest BCUT2D eigenvalue weighted by molar-refractivity contribution is -0.139. The van der Waals surface area contributed by atoms with E-state index in [1.165, 1.54) is 29.2 Å². The second-order valence-electron chi connectivity index (χ2n) is 6.32. The first-order valence-corrected chi connectivity index (χ1v) is 8.27. The molecule has 1 unspecified atom stereocenters. The molecular formula is C17H19F3N4O2. The number of pyridine rings is 1. The number of aromatic nitrogens is 3. The van der Waals surface area contributed by atoms with E-state index in [9.17, 15) is 18.0 Å². The minimum atomic E-state index is -4.50. The van der Waals surface area contributed by atoms with E-state index in [1.807, 2.05) is 4.90 Å². The van der Waals surface area contributed by atoms with Gasteiger partial charge < -0.3 is 14.2 Å². The normalized spacial score (nSPS) is 18.0. The molecule has 0 N–H and O–H groups in total. The largest absolute Gasteiger partial charge is 0.477 e. The minimum absolute atomic E-state index is 0.0256. The molecule has 1 fully saturated rings. The van der Waals surface area contributed by atoms with Crippen LogP contribution in [0.1, 0.15) is 18.4 Å². The maximum Gasteiger partial charge on any atom is 0.421 e. The summed E-state index contributed by atoms with van der Waals surface area (Å²) in [5.41, 5.74) is -1.03. The maximum absolute atomic E-state index is 13.0. The average molecular weight is 368 g/mol. The van der Waals surface area contributed by atoms with Crippen LogP contribution in [0.5, 0.6) is 5.88 Å². The molecular weight excluding hydrogens is 349 g/mol. The third-order valence-electron chi connectivity index (χ3n) is 4.34. The van der Waals surface area contributed by atoms with Crippen molar-refractivity contribution < 1.29 is 17.9 Å². The standard InChI is InChI=1S/C17H19F3N4O2/c1-23-11-22-14(8-15(23)25)24-7-3-4-12(9-24)10-26-16-13(17(18,19)20)5-2-6-21-16/h2,5-6,8,11-12H,3-4,7,9-10H2,1H3. The fourth-order valence-electron chi connectivity index (χ4n) is 2.95. The van der Waals surface area contributed by atoms with Crippen molar-refractivity contribution in [3.63, 3.8) is 0 Å². The van der Waals surface area contributed by atoms with Crippen molar-refractivity contribution in [2.24, 2.45) is 13.0 Å². The van der Waals surface area contributed by atoms with Crippen LogP contribution in [0.25, 0.3) is 0 Å². The topological polar surface area (TPSA) is 60.3 Å². The Hall–Kier alpha value is -2.58. The van der Waals surface area contributed by atoms with Crippen LogP contribution < -0.4 is 15.2 Å². The highest BCUT2D eigenvalue weighted by atomic mass is 19.4.